The quantitative estimate of drug-likeness (QED) is 0.253. The number of amides is 2. The van der Waals surface area contributed by atoms with Crippen molar-refractivity contribution >= 4 is 57.2 Å². The summed E-state index contributed by atoms with van der Waals surface area (Å²) in [5.74, 6) is -0.618. The number of nitrogens with one attached hydrogen (secondary N) is 2. The van der Waals surface area contributed by atoms with Crippen LogP contribution in [0.4, 0.5) is 5.69 Å². The maximum absolute atomic E-state index is 12.7. The van der Waals surface area contributed by atoms with Crippen molar-refractivity contribution in [2.75, 3.05) is 5.32 Å². The molecule has 2 N–H and O–H groups in total. The molecule has 0 aliphatic rings. The standard InChI is InChI=1S/C26H19Cl2N3O2/c1-16(30-31-26(33)22-8-4-6-18-5-2-3-7-21(18)22)17-9-12-20(13-10-17)29-25(32)23-14-11-19(27)15-24(23)28/h2-15H,1H3,(H,29,32)(H,31,33)/b30-16+. The zero-order chi connectivity index (χ0) is 23.4. The predicted octanol–water partition coefficient (Wildman–Crippen LogP) is 6.55. The number of hydrazone groups is 1. The van der Waals surface area contributed by atoms with Crippen LogP contribution in [-0.2, 0) is 0 Å². The van der Waals surface area contributed by atoms with Crippen LogP contribution in [0.2, 0.25) is 10.0 Å². The zero-order valence-corrected chi connectivity index (χ0v) is 19.1. The van der Waals surface area contributed by atoms with Gasteiger partial charge >= 0.3 is 0 Å². The van der Waals surface area contributed by atoms with Crippen LogP contribution >= 0.6 is 23.2 Å². The molecule has 4 aromatic carbocycles. The monoisotopic (exact) mass is 475 g/mol. The molecule has 0 aromatic heterocycles. The molecule has 0 bridgehead atoms. The third-order valence-corrected chi connectivity index (χ3v) is 5.64. The highest BCUT2D eigenvalue weighted by atomic mass is 35.5. The van der Waals surface area contributed by atoms with Gasteiger partial charge in [0.1, 0.15) is 0 Å². The number of fused-ring (bicyclic) bond motifs is 1. The summed E-state index contributed by atoms with van der Waals surface area (Å²) in [7, 11) is 0. The minimum Gasteiger partial charge on any atom is -0.322 e. The van der Waals surface area contributed by atoms with Crippen molar-refractivity contribution in [3.8, 4) is 0 Å². The Bertz CT molecular complexity index is 1380. The molecule has 4 aromatic rings. The van der Waals surface area contributed by atoms with E-state index in [2.05, 4.69) is 15.8 Å². The van der Waals surface area contributed by atoms with Gasteiger partial charge in [0.25, 0.3) is 11.8 Å². The van der Waals surface area contributed by atoms with Gasteiger partial charge in [0.15, 0.2) is 0 Å². The van der Waals surface area contributed by atoms with E-state index in [1.807, 2.05) is 48.5 Å². The Labute approximate surface area is 201 Å². The van der Waals surface area contributed by atoms with Crippen LogP contribution in [0.25, 0.3) is 10.8 Å². The first kappa shape index (κ1) is 22.5. The first-order valence-electron chi connectivity index (χ1n) is 10.1. The normalized spacial score (nSPS) is 11.3. The second-order valence-electron chi connectivity index (χ2n) is 7.32. The van der Waals surface area contributed by atoms with E-state index in [9.17, 15) is 9.59 Å². The van der Waals surface area contributed by atoms with Crippen molar-refractivity contribution in [1.82, 2.24) is 5.43 Å². The van der Waals surface area contributed by atoms with Gasteiger partial charge in [0.2, 0.25) is 0 Å². The largest absolute Gasteiger partial charge is 0.322 e. The molecule has 0 heterocycles. The second-order valence-corrected chi connectivity index (χ2v) is 8.16. The molecule has 0 saturated carbocycles. The number of nitrogens with zero attached hydrogens (tertiary/aromatic N) is 1. The first-order valence-corrected chi connectivity index (χ1v) is 10.9. The van der Waals surface area contributed by atoms with Crippen molar-refractivity contribution in [3.63, 3.8) is 0 Å². The van der Waals surface area contributed by atoms with Gasteiger partial charge in [-0.2, -0.15) is 5.10 Å². The highest BCUT2D eigenvalue weighted by Gasteiger charge is 2.12. The van der Waals surface area contributed by atoms with Crippen molar-refractivity contribution in [3.05, 3.63) is 112 Å². The van der Waals surface area contributed by atoms with Crippen LogP contribution in [0, 0.1) is 0 Å². The average molecular weight is 476 g/mol. The average Bonchev–Trinajstić information content (AvgIpc) is 2.82. The molecular formula is C26H19Cl2N3O2. The highest BCUT2D eigenvalue weighted by molar-refractivity contribution is 6.37. The van der Waals surface area contributed by atoms with E-state index < -0.39 is 0 Å². The Hall–Kier alpha value is -3.67. The summed E-state index contributed by atoms with van der Waals surface area (Å²) in [6, 6.07) is 25.1. The van der Waals surface area contributed by atoms with Gasteiger partial charge in [-0.15, -0.1) is 0 Å². The van der Waals surface area contributed by atoms with Gasteiger partial charge in [-0.3, -0.25) is 9.59 Å². The molecule has 164 valence electrons. The summed E-state index contributed by atoms with van der Waals surface area (Å²) in [5.41, 5.74) is 5.54. The topological polar surface area (TPSA) is 70.6 Å². The molecule has 0 fully saturated rings. The number of benzene rings is 4. The molecule has 0 aliphatic heterocycles. The smallest absolute Gasteiger partial charge is 0.272 e. The predicted molar refractivity (Wildman–Crippen MR) is 134 cm³/mol. The molecule has 0 spiro atoms. The van der Waals surface area contributed by atoms with Crippen molar-refractivity contribution in [1.29, 1.82) is 0 Å². The van der Waals surface area contributed by atoms with E-state index in [0.717, 1.165) is 16.3 Å². The summed E-state index contributed by atoms with van der Waals surface area (Å²) in [6.45, 7) is 1.80. The van der Waals surface area contributed by atoms with Gasteiger partial charge < -0.3 is 5.32 Å². The van der Waals surface area contributed by atoms with E-state index in [-0.39, 0.29) is 16.8 Å². The zero-order valence-electron chi connectivity index (χ0n) is 17.6. The number of anilines is 1. The Balaban J connectivity index is 1.44. The van der Waals surface area contributed by atoms with Crippen molar-refractivity contribution in [2.45, 2.75) is 6.92 Å². The third kappa shape index (κ3) is 5.22. The lowest BCUT2D eigenvalue weighted by Gasteiger charge is -2.09. The lowest BCUT2D eigenvalue weighted by molar-refractivity contribution is 0.0955. The molecular weight excluding hydrogens is 457 g/mol. The van der Waals surface area contributed by atoms with E-state index in [1.54, 1.807) is 37.3 Å². The molecule has 0 atom stereocenters. The lowest BCUT2D eigenvalue weighted by Crippen LogP contribution is -2.19. The Morgan fingerprint density at radius 2 is 1.52 bits per heavy atom. The first-order chi connectivity index (χ1) is 15.9. The molecule has 7 heteroatoms. The van der Waals surface area contributed by atoms with Gasteiger partial charge in [-0.1, -0.05) is 71.7 Å². The molecule has 4 rings (SSSR count). The number of rotatable bonds is 5. The van der Waals surface area contributed by atoms with Gasteiger partial charge in [-0.25, -0.2) is 5.43 Å². The van der Waals surface area contributed by atoms with Gasteiger partial charge in [0, 0.05) is 16.3 Å². The van der Waals surface area contributed by atoms with E-state index in [1.165, 1.54) is 6.07 Å². The Morgan fingerprint density at radius 1 is 0.788 bits per heavy atom. The lowest BCUT2D eigenvalue weighted by atomic mass is 10.0. The van der Waals surface area contributed by atoms with Crippen molar-refractivity contribution < 1.29 is 9.59 Å². The molecule has 0 saturated heterocycles. The number of hydrogen-bond donors (Lipinski definition) is 2. The molecule has 0 radical (unpaired) electrons. The minimum atomic E-state index is -0.336. The second kappa shape index (κ2) is 9.86. The summed E-state index contributed by atoms with van der Waals surface area (Å²) in [6.07, 6.45) is 0. The van der Waals surface area contributed by atoms with Crippen LogP contribution in [0.3, 0.4) is 0 Å². The fraction of sp³-hybridized carbons (Fsp3) is 0.0385. The molecule has 0 aliphatic carbocycles. The maximum Gasteiger partial charge on any atom is 0.272 e. The summed E-state index contributed by atoms with van der Waals surface area (Å²) < 4.78 is 0. The Kier molecular flexibility index (Phi) is 6.73. The molecule has 0 unspecified atom stereocenters. The SMILES string of the molecule is C/C(=N\NC(=O)c1cccc2ccccc12)c1ccc(NC(=O)c2ccc(Cl)cc2Cl)cc1. The number of halogens is 2. The number of carbonyl (C=O) groups is 2. The van der Waals surface area contributed by atoms with Crippen LogP contribution < -0.4 is 10.7 Å². The summed E-state index contributed by atoms with van der Waals surface area (Å²) in [5, 5.41) is 9.63. The van der Waals surface area contributed by atoms with E-state index in [0.29, 0.717) is 27.5 Å². The minimum absolute atomic E-state index is 0.279. The van der Waals surface area contributed by atoms with Crippen molar-refractivity contribution in [2.24, 2.45) is 5.10 Å². The Morgan fingerprint density at radius 3 is 2.27 bits per heavy atom. The molecule has 33 heavy (non-hydrogen) atoms. The van der Waals surface area contributed by atoms with Gasteiger partial charge in [0.05, 0.1) is 16.3 Å². The van der Waals surface area contributed by atoms with E-state index >= 15 is 0 Å². The molecule has 5 nitrogen and oxygen atoms in total. The maximum atomic E-state index is 12.7. The fourth-order valence-corrected chi connectivity index (χ4v) is 3.84. The number of hydrogen-bond acceptors (Lipinski definition) is 3. The van der Waals surface area contributed by atoms with Crippen LogP contribution in [0.15, 0.2) is 90.0 Å². The fourth-order valence-electron chi connectivity index (χ4n) is 3.35. The molecule has 2 amide bonds. The van der Waals surface area contributed by atoms with Crippen LogP contribution in [0.1, 0.15) is 33.2 Å². The summed E-state index contributed by atoms with van der Waals surface area (Å²) in [4.78, 5) is 25.1. The number of carbonyl (C=O) groups excluding carboxylic acids is 2. The van der Waals surface area contributed by atoms with Gasteiger partial charge in [-0.05, 0) is 59.7 Å². The van der Waals surface area contributed by atoms with E-state index in [4.69, 9.17) is 23.2 Å². The van der Waals surface area contributed by atoms with Crippen LogP contribution in [0.5, 0.6) is 0 Å². The third-order valence-electron chi connectivity index (χ3n) is 5.10. The summed E-state index contributed by atoms with van der Waals surface area (Å²) >= 11 is 12.0. The highest BCUT2D eigenvalue weighted by Crippen LogP contribution is 2.22. The van der Waals surface area contributed by atoms with Crippen LogP contribution in [-0.4, -0.2) is 17.5 Å².